The normalized spacial score (nSPS) is 26.0. The molecule has 6 unspecified atom stereocenters. The van der Waals surface area contributed by atoms with Gasteiger partial charge >= 0.3 is 9.05 Å². The van der Waals surface area contributed by atoms with E-state index in [0.29, 0.717) is 75.1 Å². The van der Waals surface area contributed by atoms with Gasteiger partial charge < -0.3 is 27.2 Å². The highest BCUT2D eigenvalue weighted by molar-refractivity contribution is 6.53. The van der Waals surface area contributed by atoms with Crippen LogP contribution in [-0.2, 0) is 40.4 Å². The maximum atomic E-state index is 7.18. The fraction of sp³-hybridized carbons (Fsp3) is 0.684. The minimum atomic E-state index is -3.62. The van der Waals surface area contributed by atoms with Crippen molar-refractivity contribution in [3.63, 3.8) is 0 Å². The molecule has 6 nitrogen and oxygen atoms in total. The lowest BCUT2D eigenvalue weighted by Gasteiger charge is -2.44. The van der Waals surface area contributed by atoms with Gasteiger partial charge in [-0.05, 0) is 72.3 Å². The van der Waals surface area contributed by atoms with E-state index < -0.39 is 9.05 Å². The smallest absolute Gasteiger partial charge is 0.374 e. The molecule has 0 aliphatic heterocycles. The summed E-state index contributed by atoms with van der Waals surface area (Å²) in [6.45, 7) is 16.6. The zero-order valence-corrected chi connectivity index (χ0v) is 29.8. The summed E-state index contributed by atoms with van der Waals surface area (Å²) < 4.78 is 40.0. The van der Waals surface area contributed by atoms with Crippen molar-refractivity contribution in [3.05, 3.63) is 71.8 Å². The molecule has 0 radical (unpaired) electrons. The molecule has 0 amide bonds. The Balaban J connectivity index is 1.52. The van der Waals surface area contributed by atoms with Crippen LogP contribution in [0.25, 0.3) is 0 Å². The predicted octanol–water partition coefficient (Wildman–Crippen LogP) is 8.84. The molecule has 0 spiro atoms. The van der Waals surface area contributed by atoms with E-state index in [0.717, 1.165) is 36.8 Å². The van der Waals surface area contributed by atoms with Crippen molar-refractivity contribution in [1.29, 1.82) is 0 Å². The van der Waals surface area contributed by atoms with Crippen molar-refractivity contribution in [1.82, 2.24) is 0 Å². The molecule has 2 saturated carbocycles. The van der Waals surface area contributed by atoms with E-state index in [1.165, 1.54) is 12.8 Å². The van der Waals surface area contributed by atoms with E-state index >= 15 is 0 Å². The van der Waals surface area contributed by atoms with Gasteiger partial charge in [-0.3, -0.25) is 0 Å². The first kappa shape index (κ1) is 36.3. The minimum Gasteiger partial charge on any atom is -0.374 e. The molecule has 0 aromatic heterocycles. The van der Waals surface area contributed by atoms with Gasteiger partial charge in [-0.25, -0.2) is 0 Å². The predicted molar refractivity (Wildman–Crippen MR) is 182 cm³/mol. The maximum Gasteiger partial charge on any atom is 0.680 e. The van der Waals surface area contributed by atoms with E-state index in [2.05, 4.69) is 65.8 Å². The lowest BCUT2D eigenvalue weighted by Crippen LogP contribution is -2.58. The van der Waals surface area contributed by atoms with Gasteiger partial charge in [0.2, 0.25) is 0 Å². The molecular formula is C38H60O6Si. The Hall–Kier alpha value is -1.58. The van der Waals surface area contributed by atoms with Crippen LogP contribution in [0.15, 0.2) is 60.7 Å². The summed E-state index contributed by atoms with van der Waals surface area (Å²) in [7, 11) is -3.62. The highest BCUT2D eigenvalue weighted by Gasteiger charge is 2.53. The number of benzene rings is 2. The Kier molecular flexibility index (Phi) is 15.0. The van der Waals surface area contributed by atoms with Crippen LogP contribution >= 0.6 is 0 Å². The first-order valence-corrected chi connectivity index (χ1v) is 19.2. The van der Waals surface area contributed by atoms with Crippen LogP contribution in [0.5, 0.6) is 0 Å². The average Bonchev–Trinajstić information content (AvgIpc) is 3.01. The number of hydrogen-bond donors (Lipinski definition) is 0. The van der Waals surface area contributed by atoms with Crippen molar-refractivity contribution >= 4 is 9.05 Å². The Labute approximate surface area is 275 Å². The summed E-state index contributed by atoms with van der Waals surface area (Å²) in [4.78, 5) is 0. The van der Waals surface area contributed by atoms with E-state index in [4.69, 9.17) is 27.2 Å². The summed E-state index contributed by atoms with van der Waals surface area (Å²) in [5, 5.41) is 0. The van der Waals surface area contributed by atoms with Crippen LogP contribution in [0.4, 0.5) is 0 Å². The molecule has 0 bridgehead atoms. The first-order chi connectivity index (χ1) is 21.7. The molecule has 0 heterocycles. The standard InChI is InChI=1S/C38H60O6Si/c1-29(2)35-19-17-31(5)25-37(35)43-45(41-23-21-39-27-33-13-9-7-10-14-33,42-24-22-40-28-34-15-11-8-12-16-34)44-38-26-32(6)18-20-36(38)30(3)4/h7-16,29-32,35-38H,17-28H2,1-6H3. The molecule has 252 valence electrons. The van der Waals surface area contributed by atoms with Crippen molar-refractivity contribution in [3.8, 4) is 0 Å². The molecule has 2 fully saturated rings. The number of rotatable bonds is 18. The topological polar surface area (TPSA) is 55.4 Å². The molecule has 2 aliphatic rings. The second-order valence-corrected chi connectivity index (χ2v) is 16.3. The van der Waals surface area contributed by atoms with E-state index in [9.17, 15) is 0 Å². The van der Waals surface area contributed by atoms with Gasteiger partial charge in [-0.15, -0.1) is 0 Å². The third-order valence-electron chi connectivity index (χ3n) is 9.75. The molecule has 4 rings (SSSR count). The SMILES string of the molecule is CC1CCC(C(C)C)C(O[Si](OCCOCc2ccccc2)(OCCOCc2ccccc2)OC2CC(C)CCC2C(C)C)C1. The lowest BCUT2D eigenvalue weighted by molar-refractivity contribution is -0.126. The summed E-state index contributed by atoms with van der Waals surface area (Å²) in [6.07, 6.45) is 6.84. The lowest BCUT2D eigenvalue weighted by atomic mass is 9.75. The zero-order chi connectivity index (χ0) is 32.1. The van der Waals surface area contributed by atoms with Gasteiger partial charge in [0, 0.05) is 0 Å². The largest absolute Gasteiger partial charge is 0.680 e. The first-order valence-electron chi connectivity index (χ1n) is 17.6. The highest BCUT2D eigenvalue weighted by Crippen LogP contribution is 2.40. The van der Waals surface area contributed by atoms with Gasteiger partial charge in [-0.2, -0.15) is 0 Å². The summed E-state index contributed by atoms with van der Waals surface area (Å²) in [5.74, 6) is 3.10. The van der Waals surface area contributed by atoms with Gasteiger partial charge in [0.15, 0.2) is 0 Å². The van der Waals surface area contributed by atoms with E-state index in [1.807, 2.05) is 36.4 Å². The van der Waals surface area contributed by atoms with Crippen LogP contribution in [0.3, 0.4) is 0 Å². The summed E-state index contributed by atoms with van der Waals surface area (Å²) in [5.41, 5.74) is 2.29. The van der Waals surface area contributed by atoms with Crippen LogP contribution in [0.1, 0.15) is 91.2 Å². The molecule has 6 atom stereocenters. The molecule has 0 saturated heterocycles. The monoisotopic (exact) mass is 640 g/mol. The van der Waals surface area contributed by atoms with Crippen LogP contribution in [-0.4, -0.2) is 47.7 Å². The highest BCUT2D eigenvalue weighted by atomic mass is 28.4. The Morgan fingerprint density at radius 1 is 0.578 bits per heavy atom. The Morgan fingerprint density at radius 2 is 0.978 bits per heavy atom. The van der Waals surface area contributed by atoms with Gasteiger partial charge in [0.25, 0.3) is 0 Å². The Bertz CT molecular complexity index is 981. The number of ether oxygens (including phenoxy) is 2. The molecule has 7 heteroatoms. The summed E-state index contributed by atoms with van der Waals surface area (Å²) >= 11 is 0. The molecule has 0 N–H and O–H groups in total. The second-order valence-electron chi connectivity index (χ2n) is 14.2. The molecule has 2 aromatic rings. The fourth-order valence-corrected chi connectivity index (χ4v) is 9.42. The summed E-state index contributed by atoms with van der Waals surface area (Å²) in [6, 6.07) is 20.5. The Morgan fingerprint density at radius 3 is 1.36 bits per heavy atom. The van der Waals surface area contributed by atoms with Crippen molar-refractivity contribution < 1.29 is 27.2 Å². The maximum absolute atomic E-state index is 7.18. The van der Waals surface area contributed by atoms with Crippen molar-refractivity contribution in [2.45, 2.75) is 105 Å². The van der Waals surface area contributed by atoms with Crippen molar-refractivity contribution in [2.75, 3.05) is 26.4 Å². The molecule has 2 aliphatic carbocycles. The molecule has 45 heavy (non-hydrogen) atoms. The average molecular weight is 641 g/mol. The van der Waals surface area contributed by atoms with Gasteiger partial charge in [0.1, 0.15) is 0 Å². The van der Waals surface area contributed by atoms with Gasteiger partial charge in [-0.1, -0.05) is 115 Å². The molecule has 2 aromatic carbocycles. The molecular weight excluding hydrogens is 580 g/mol. The number of hydrogen-bond acceptors (Lipinski definition) is 6. The van der Waals surface area contributed by atoms with E-state index in [1.54, 1.807) is 0 Å². The van der Waals surface area contributed by atoms with Crippen molar-refractivity contribution in [2.24, 2.45) is 35.5 Å². The second kappa shape index (κ2) is 18.7. The minimum absolute atomic E-state index is 0.0365. The van der Waals surface area contributed by atoms with Crippen LogP contribution in [0.2, 0.25) is 0 Å². The van der Waals surface area contributed by atoms with Crippen LogP contribution < -0.4 is 0 Å². The third-order valence-corrected chi connectivity index (χ3v) is 12.0. The quantitative estimate of drug-likeness (QED) is 0.120. The van der Waals surface area contributed by atoms with Gasteiger partial charge in [0.05, 0.1) is 51.8 Å². The third kappa shape index (κ3) is 11.9. The van der Waals surface area contributed by atoms with Crippen LogP contribution in [0, 0.1) is 35.5 Å². The zero-order valence-electron chi connectivity index (χ0n) is 28.8. The van der Waals surface area contributed by atoms with E-state index in [-0.39, 0.29) is 12.2 Å². The fourth-order valence-electron chi connectivity index (χ4n) is 7.06.